The first-order chi connectivity index (χ1) is 26.8. The molecule has 6 aromatic rings. The largest absolute Gasteiger partial charge is 0.368 e. The fraction of sp³-hybridized carbons (Fsp3) is 0.316. The molecule has 0 aliphatic rings. The Morgan fingerprint density at radius 3 is 1.43 bits per heavy atom. The molecule has 56 heavy (non-hydrogen) atoms. The van der Waals surface area contributed by atoms with Crippen LogP contribution in [0.2, 0.25) is 0 Å². The zero-order valence-corrected chi connectivity index (χ0v) is 32.3. The summed E-state index contributed by atoms with van der Waals surface area (Å²) < 4.78 is 6.99. The molecule has 4 amide bonds. The van der Waals surface area contributed by atoms with Crippen LogP contribution in [0.4, 0.5) is 23.3 Å². The van der Waals surface area contributed by atoms with Gasteiger partial charge in [-0.3, -0.25) is 39.2 Å². The zero-order chi connectivity index (χ0) is 40.3. The Balaban J connectivity index is 1.37. The predicted molar refractivity (Wildman–Crippen MR) is 215 cm³/mol. The van der Waals surface area contributed by atoms with Gasteiger partial charge >= 0.3 is 0 Å². The number of primary amides is 2. The fourth-order valence-corrected chi connectivity index (χ4v) is 6.71. The highest BCUT2D eigenvalue weighted by Crippen LogP contribution is 2.31. The fourth-order valence-electron chi connectivity index (χ4n) is 6.71. The molecule has 6 N–H and O–H groups in total. The molecule has 4 aromatic heterocycles. The van der Waals surface area contributed by atoms with Crippen molar-refractivity contribution in [1.29, 1.82) is 0 Å². The van der Waals surface area contributed by atoms with Crippen LogP contribution in [0.1, 0.15) is 46.2 Å². The quantitative estimate of drug-likeness (QED) is 0.106. The Kier molecular flexibility index (Phi) is 11.2. The smallest absolute Gasteiger partial charge is 0.276 e. The van der Waals surface area contributed by atoms with Crippen molar-refractivity contribution in [3.63, 3.8) is 0 Å². The Bertz CT molecular complexity index is 2320. The van der Waals surface area contributed by atoms with E-state index in [4.69, 9.17) is 21.4 Å². The number of fused-ring (bicyclic) bond motifs is 2. The topological polar surface area (TPSA) is 222 Å². The molecule has 4 heterocycles. The second-order valence-electron chi connectivity index (χ2n) is 13.4. The molecule has 0 atom stereocenters. The van der Waals surface area contributed by atoms with Crippen LogP contribution in [0.25, 0.3) is 22.1 Å². The zero-order valence-electron chi connectivity index (χ0n) is 32.3. The molecule has 0 saturated carbocycles. The van der Waals surface area contributed by atoms with Crippen LogP contribution in [-0.2, 0) is 35.8 Å². The number of hydrogen-bond donors (Lipinski definition) is 4. The number of nitrogens with two attached hydrogens (primary N) is 2. The van der Waals surface area contributed by atoms with Crippen LogP contribution in [-0.4, -0.2) is 89.5 Å². The van der Waals surface area contributed by atoms with Crippen molar-refractivity contribution in [2.45, 2.75) is 53.9 Å². The first-order valence-electron chi connectivity index (χ1n) is 18.1. The van der Waals surface area contributed by atoms with Gasteiger partial charge in [0.15, 0.2) is 0 Å². The van der Waals surface area contributed by atoms with Gasteiger partial charge in [-0.05, 0) is 64.1 Å². The van der Waals surface area contributed by atoms with Gasteiger partial charge in [-0.1, -0.05) is 24.3 Å². The molecule has 0 radical (unpaired) electrons. The number of aryl methyl sites for hydroxylation is 4. The maximum Gasteiger partial charge on any atom is 0.276 e. The molecular formula is C38H46N14O4. The van der Waals surface area contributed by atoms with Gasteiger partial charge in [0.25, 0.3) is 11.8 Å². The molecule has 0 aliphatic carbocycles. The number of allylic oxidation sites excluding steroid dienone is 2. The van der Waals surface area contributed by atoms with Crippen molar-refractivity contribution in [2.24, 2.45) is 11.5 Å². The number of imidazole rings is 2. The van der Waals surface area contributed by atoms with Crippen LogP contribution in [0.5, 0.6) is 0 Å². The third kappa shape index (κ3) is 7.94. The number of benzene rings is 2. The summed E-state index contributed by atoms with van der Waals surface area (Å²) in [4.78, 5) is 64.0. The Hall–Kier alpha value is -6.98. The molecule has 0 fully saturated rings. The highest BCUT2D eigenvalue weighted by Gasteiger charge is 2.22. The maximum absolute atomic E-state index is 13.6. The second-order valence-corrected chi connectivity index (χ2v) is 13.4. The van der Waals surface area contributed by atoms with Crippen molar-refractivity contribution in [3.8, 4) is 0 Å². The Morgan fingerprint density at radius 1 is 0.679 bits per heavy atom. The number of rotatable bonds is 16. The Labute approximate surface area is 322 Å². The van der Waals surface area contributed by atoms with Gasteiger partial charge in [-0.2, -0.15) is 10.2 Å². The normalized spacial score (nSPS) is 11.5. The van der Waals surface area contributed by atoms with E-state index in [-0.39, 0.29) is 38.0 Å². The van der Waals surface area contributed by atoms with E-state index in [1.54, 1.807) is 45.4 Å². The lowest BCUT2D eigenvalue weighted by Crippen LogP contribution is -2.30. The maximum atomic E-state index is 13.6. The third-order valence-corrected chi connectivity index (χ3v) is 9.19. The monoisotopic (exact) mass is 762 g/mol. The molecule has 0 aliphatic heterocycles. The van der Waals surface area contributed by atoms with Crippen molar-refractivity contribution in [3.05, 3.63) is 83.5 Å². The van der Waals surface area contributed by atoms with Crippen LogP contribution in [0, 0.1) is 13.8 Å². The molecule has 6 rings (SSSR count). The number of nitrogens with one attached hydrogen (secondary N) is 2. The lowest BCUT2D eigenvalue weighted by Gasteiger charge is -2.17. The minimum Gasteiger partial charge on any atom is -0.368 e. The van der Waals surface area contributed by atoms with Gasteiger partial charge in [-0.25, -0.2) is 9.97 Å². The standard InChI is InChI=1S/C38H46N14O4/c1-7-51-29(19-23(3)45-51)35(55)43-37-41-33-25(47(5)21-31(39)53)13-11-15-27(33)49(37)17-9-10-18-50-28-16-12-14-26(48(6)22-32(40)54)34(28)42-38(50)44-36(56)30-20-24(4)46-52(30)8-2/h9-16,19-20H,7-8,17-18,21-22H2,1-6H3,(H2,39,53)(H2,40,54)(H,41,43,55)(H,42,44,56)/b10-9+. The van der Waals surface area contributed by atoms with E-state index in [1.165, 1.54) is 0 Å². The second kappa shape index (κ2) is 16.2. The predicted octanol–water partition coefficient (Wildman–Crippen LogP) is 3.04. The average Bonchev–Trinajstić information content (AvgIpc) is 3.91. The van der Waals surface area contributed by atoms with Crippen LogP contribution >= 0.6 is 0 Å². The van der Waals surface area contributed by atoms with Gasteiger partial charge in [0.1, 0.15) is 22.4 Å². The number of likely N-dealkylation sites (N-methyl/N-ethyl adjacent to an activating group) is 2. The number of aromatic nitrogens is 8. The summed E-state index contributed by atoms with van der Waals surface area (Å²) >= 11 is 0. The molecule has 0 spiro atoms. The molecule has 292 valence electrons. The van der Waals surface area contributed by atoms with Crippen LogP contribution in [0.15, 0.2) is 60.7 Å². The molecule has 18 nitrogen and oxygen atoms in total. The summed E-state index contributed by atoms with van der Waals surface area (Å²) in [6, 6.07) is 14.6. The number of carbonyl (C=O) groups excluding carboxylic acids is 4. The molecule has 0 saturated heterocycles. The van der Waals surface area contributed by atoms with Gasteiger partial charge in [0, 0.05) is 40.3 Å². The summed E-state index contributed by atoms with van der Waals surface area (Å²) in [6.45, 7) is 9.01. The summed E-state index contributed by atoms with van der Waals surface area (Å²) in [6.07, 6.45) is 3.85. The third-order valence-electron chi connectivity index (χ3n) is 9.19. The molecular weight excluding hydrogens is 717 g/mol. The van der Waals surface area contributed by atoms with Gasteiger partial charge in [-0.15, -0.1) is 0 Å². The highest BCUT2D eigenvalue weighted by atomic mass is 16.2. The summed E-state index contributed by atoms with van der Waals surface area (Å²) in [7, 11) is 3.50. The molecule has 2 aromatic carbocycles. The lowest BCUT2D eigenvalue weighted by atomic mass is 10.2. The van der Waals surface area contributed by atoms with Gasteiger partial charge in [0.2, 0.25) is 23.7 Å². The lowest BCUT2D eigenvalue weighted by molar-refractivity contribution is -0.117. The van der Waals surface area contributed by atoms with Crippen molar-refractivity contribution < 1.29 is 19.2 Å². The van der Waals surface area contributed by atoms with Gasteiger partial charge in [0.05, 0.1) is 46.9 Å². The van der Waals surface area contributed by atoms with Crippen LogP contribution < -0.4 is 31.9 Å². The minimum absolute atomic E-state index is 0.0271. The Morgan fingerprint density at radius 2 is 1.07 bits per heavy atom. The van der Waals surface area contributed by atoms with E-state index >= 15 is 0 Å². The van der Waals surface area contributed by atoms with E-state index in [0.29, 0.717) is 81.2 Å². The number of carbonyl (C=O) groups is 4. The summed E-state index contributed by atoms with van der Waals surface area (Å²) in [5.41, 5.74) is 17.1. The number of para-hydroxylation sites is 2. The molecule has 0 unspecified atom stereocenters. The van der Waals surface area contributed by atoms with Crippen LogP contribution in [0.3, 0.4) is 0 Å². The first kappa shape index (κ1) is 38.7. The van der Waals surface area contributed by atoms with E-state index in [2.05, 4.69) is 20.8 Å². The number of nitrogens with zero attached hydrogens (tertiary/aromatic N) is 10. The number of hydrogen-bond acceptors (Lipinski definition) is 10. The number of anilines is 4. The van der Waals surface area contributed by atoms with E-state index in [0.717, 1.165) is 0 Å². The van der Waals surface area contributed by atoms with E-state index in [1.807, 2.05) is 85.4 Å². The molecule has 0 bridgehead atoms. The minimum atomic E-state index is -0.496. The van der Waals surface area contributed by atoms with E-state index in [9.17, 15) is 19.2 Å². The summed E-state index contributed by atoms with van der Waals surface area (Å²) in [5, 5.41) is 14.8. The summed E-state index contributed by atoms with van der Waals surface area (Å²) in [5.74, 6) is -1.15. The van der Waals surface area contributed by atoms with Crippen molar-refractivity contribution >= 4 is 69.0 Å². The van der Waals surface area contributed by atoms with Crippen molar-refractivity contribution in [1.82, 2.24) is 38.7 Å². The first-order valence-corrected chi connectivity index (χ1v) is 18.1. The molecule has 18 heteroatoms. The van der Waals surface area contributed by atoms with E-state index < -0.39 is 11.8 Å². The SMILES string of the molecule is CCn1nc(C)cc1C(=O)Nc1nc2c(N(C)CC(N)=O)cccc2n1C/C=C/Cn1c(NC(=O)c2cc(C)nn2CC)nc2c(N(C)CC(N)=O)cccc21. The van der Waals surface area contributed by atoms with Gasteiger partial charge < -0.3 is 30.4 Å². The highest BCUT2D eigenvalue weighted by molar-refractivity contribution is 6.05. The number of amides is 4. The van der Waals surface area contributed by atoms with Crippen molar-refractivity contribution in [2.75, 3.05) is 47.6 Å². The average molecular weight is 763 g/mol.